The van der Waals surface area contributed by atoms with Crippen molar-refractivity contribution in [2.45, 2.75) is 90.4 Å². The van der Waals surface area contributed by atoms with E-state index < -0.39 is 0 Å². The number of nitrogens with zero attached hydrogens (tertiary/aromatic N) is 12. The number of hydrogen-bond acceptors (Lipinski definition) is 10. The highest BCUT2D eigenvalue weighted by Crippen LogP contribution is 2.48. The molecule has 16 heteroatoms. The number of carbonyl (C=O) groups is 2. The second kappa shape index (κ2) is 16.9. The van der Waals surface area contributed by atoms with E-state index in [4.69, 9.17) is 19.7 Å². The number of benzene rings is 2. The van der Waals surface area contributed by atoms with Gasteiger partial charge < -0.3 is 29.1 Å². The smallest absolute Gasteiger partial charge is 0.219 e. The molecule has 0 spiro atoms. The van der Waals surface area contributed by atoms with Gasteiger partial charge in [-0.3, -0.25) is 28.3 Å². The lowest BCUT2D eigenvalue weighted by atomic mass is 9.95. The zero-order valence-electron chi connectivity index (χ0n) is 39.0. The van der Waals surface area contributed by atoms with Gasteiger partial charge in [-0.2, -0.15) is 20.4 Å². The van der Waals surface area contributed by atoms with Crippen LogP contribution >= 0.6 is 0 Å². The van der Waals surface area contributed by atoms with E-state index in [1.54, 1.807) is 13.8 Å². The number of aryl methyl sites for hydroxylation is 2. The van der Waals surface area contributed by atoms with Crippen molar-refractivity contribution >= 4 is 34.8 Å². The second-order valence-corrected chi connectivity index (χ2v) is 18.9. The van der Waals surface area contributed by atoms with Crippen LogP contribution in [0.3, 0.4) is 0 Å². The SMILES string of the molecule is CC[C@@H]1CN(c2nn(C3COC3)c3c2CN(C(C)=O)CC3)c2ccc(-c3cnn(C)c3)cc21.CC[C@H]1CN(c2nn(C3COC3)c3c2CN(C(C)=O)CC3)c2ccc(-c3cnn(C)c3)cc21. The van der Waals surface area contributed by atoms with Crippen molar-refractivity contribution in [2.24, 2.45) is 14.1 Å². The molecule has 0 radical (unpaired) electrons. The summed E-state index contributed by atoms with van der Waals surface area (Å²) in [7, 11) is 3.90. The van der Waals surface area contributed by atoms with Gasteiger partial charge in [-0.1, -0.05) is 26.0 Å². The van der Waals surface area contributed by atoms with Crippen molar-refractivity contribution in [3.05, 3.63) is 94.8 Å². The van der Waals surface area contributed by atoms with Gasteiger partial charge in [0.15, 0.2) is 11.6 Å². The van der Waals surface area contributed by atoms with Crippen molar-refractivity contribution in [3.63, 3.8) is 0 Å². The van der Waals surface area contributed by atoms with Gasteiger partial charge in [0.05, 0.1) is 64.0 Å². The summed E-state index contributed by atoms with van der Waals surface area (Å²) in [5.74, 6) is 3.15. The number of amides is 2. The third kappa shape index (κ3) is 7.28. The normalized spacial score (nSPS) is 20.0. The molecule has 0 unspecified atom stereocenters. The van der Waals surface area contributed by atoms with Gasteiger partial charge in [-0.05, 0) is 59.4 Å². The van der Waals surface area contributed by atoms with Gasteiger partial charge in [0.25, 0.3) is 0 Å². The third-order valence-corrected chi connectivity index (χ3v) is 14.8. The summed E-state index contributed by atoms with van der Waals surface area (Å²) in [6.45, 7) is 15.3. The number of ether oxygens (including phenoxy) is 2. The van der Waals surface area contributed by atoms with Gasteiger partial charge in [0.2, 0.25) is 11.8 Å². The molecule has 12 rings (SSSR count). The van der Waals surface area contributed by atoms with Gasteiger partial charge in [0.1, 0.15) is 0 Å². The Bertz CT molecular complexity index is 2640. The van der Waals surface area contributed by atoms with E-state index in [0.29, 0.717) is 63.4 Å². The minimum atomic E-state index is 0.126. The van der Waals surface area contributed by atoms with Crippen molar-refractivity contribution in [3.8, 4) is 22.3 Å². The molecule has 2 amide bonds. The molecule has 2 aromatic carbocycles. The molecule has 344 valence electrons. The Hall–Kier alpha value is -6.26. The number of hydrogen-bond donors (Lipinski definition) is 0. The standard InChI is InChI=1S/2C25H30N6O2/c2*1-4-17-12-30(23-6-5-18(9-21(17)23)19-10-26-28(3)11-19)25-22-13-29(16(2)32)8-7-24(22)31(27-25)20-14-33-15-20/h2*5-6,9-11,17,20H,4,7-8,12-15H2,1-3H3/t2*17-/m10/s1. The van der Waals surface area contributed by atoms with Gasteiger partial charge in [0, 0.05) is 136 Å². The first-order valence-corrected chi connectivity index (χ1v) is 23.7. The lowest BCUT2D eigenvalue weighted by molar-refractivity contribution is -0.130. The Morgan fingerprint density at radius 2 is 1.05 bits per heavy atom. The molecule has 4 aromatic heterocycles. The van der Waals surface area contributed by atoms with Gasteiger partial charge in [-0.15, -0.1) is 0 Å². The molecule has 0 saturated carbocycles. The molecule has 0 bridgehead atoms. The maximum Gasteiger partial charge on any atom is 0.219 e. The first kappa shape index (κ1) is 42.4. The fraction of sp³-hybridized carbons (Fsp3) is 0.480. The third-order valence-electron chi connectivity index (χ3n) is 14.8. The Morgan fingerprint density at radius 3 is 1.38 bits per heavy atom. The monoisotopic (exact) mass is 892 g/mol. The van der Waals surface area contributed by atoms with Crippen LogP contribution in [0.25, 0.3) is 22.3 Å². The molecule has 16 nitrogen and oxygen atoms in total. The zero-order chi connectivity index (χ0) is 45.4. The largest absolute Gasteiger partial charge is 0.377 e. The van der Waals surface area contributed by atoms with Crippen molar-refractivity contribution in [2.75, 3.05) is 62.4 Å². The van der Waals surface area contributed by atoms with Crippen LogP contribution in [0.4, 0.5) is 23.0 Å². The highest BCUT2D eigenvalue weighted by Gasteiger charge is 2.39. The molecule has 0 N–H and O–H groups in total. The summed E-state index contributed by atoms with van der Waals surface area (Å²) < 4.78 is 19.0. The molecule has 6 aromatic rings. The van der Waals surface area contributed by atoms with Crippen LogP contribution in [0.5, 0.6) is 0 Å². The number of aromatic nitrogens is 8. The molecule has 6 aliphatic heterocycles. The predicted octanol–water partition coefficient (Wildman–Crippen LogP) is 6.81. The molecule has 0 aliphatic carbocycles. The topological polar surface area (TPSA) is 137 Å². The van der Waals surface area contributed by atoms with Crippen LogP contribution in [0, 0.1) is 0 Å². The number of carbonyl (C=O) groups excluding carboxylic acids is 2. The second-order valence-electron chi connectivity index (χ2n) is 18.9. The van der Waals surface area contributed by atoms with Crippen LogP contribution in [-0.4, -0.2) is 113 Å². The zero-order valence-corrected chi connectivity index (χ0v) is 39.0. The summed E-state index contributed by atoms with van der Waals surface area (Å²) in [5.41, 5.74) is 14.8. The van der Waals surface area contributed by atoms with E-state index in [9.17, 15) is 9.59 Å². The van der Waals surface area contributed by atoms with Crippen LogP contribution < -0.4 is 9.80 Å². The van der Waals surface area contributed by atoms with Crippen molar-refractivity contribution in [1.82, 2.24) is 48.9 Å². The summed E-state index contributed by atoms with van der Waals surface area (Å²) >= 11 is 0. The van der Waals surface area contributed by atoms with Crippen LogP contribution in [0.15, 0.2) is 61.2 Å². The molecule has 10 heterocycles. The Labute approximate surface area is 385 Å². The minimum absolute atomic E-state index is 0.126. The minimum Gasteiger partial charge on any atom is -0.377 e. The molecule has 66 heavy (non-hydrogen) atoms. The summed E-state index contributed by atoms with van der Waals surface area (Å²) in [6.07, 6.45) is 11.8. The number of anilines is 4. The Morgan fingerprint density at radius 1 is 0.621 bits per heavy atom. The molecule has 2 saturated heterocycles. The highest BCUT2D eigenvalue weighted by molar-refractivity contribution is 5.79. The predicted molar refractivity (Wildman–Crippen MR) is 251 cm³/mol. The fourth-order valence-electron chi connectivity index (χ4n) is 10.8. The molecule has 2 atom stereocenters. The van der Waals surface area contributed by atoms with Crippen molar-refractivity contribution < 1.29 is 19.1 Å². The van der Waals surface area contributed by atoms with Gasteiger partial charge in [-0.25, -0.2) is 0 Å². The van der Waals surface area contributed by atoms with E-state index in [-0.39, 0.29) is 11.8 Å². The first-order chi connectivity index (χ1) is 32.1. The number of rotatable bonds is 8. The lowest BCUT2D eigenvalue weighted by Gasteiger charge is -2.31. The van der Waals surface area contributed by atoms with Crippen LogP contribution in [0.1, 0.15) is 98.1 Å². The molecular weight excluding hydrogens is 833 g/mol. The van der Waals surface area contributed by atoms with E-state index in [0.717, 1.165) is 74.6 Å². The highest BCUT2D eigenvalue weighted by atomic mass is 16.5. The quantitative estimate of drug-likeness (QED) is 0.160. The lowest BCUT2D eigenvalue weighted by Crippen LogP contribution is -2.37. The van der Waals surface area contributed by atoms with E-state index in [2.05, 4.69) is 92.0 Å². The van der Waals surface area contributed by atoms with Gasteiger partial charge >= 0.3 is 0 Å². The summed E-state index contributed by atoms with van der Waals surface area (Å²) in [6, 6.07) is 14.1. The van der Waals surface area contributed by atoms with Crippen LogP contribution in [-0.2, 0) is 59.1 Å². The van der Waals surface area contributed by atoms with Crippen molar-refractivity contribution in [1.29, 1.82) is 0 Å². The average Bonchev–Trinajstić information content (AvgIpc) is 4.16. The molecular formula is C50H60N12O4. The first-order valence-electron chi connectivity index (χ1n) is 23.7. The van der Waals surface area contributed by atoms with E-state index in [1.165, 1.54) is 56.1 Å². The summed E-state index contributed by atoms with van der Waals surface area (Å²) in [5, 5.41) is 19.0. The maximum atomic E-state index is 12.2. The summed E-state index contributed by atoms with van der Waals surface area (Å²) in [4.78, 5) is 33.0. The molecule has 6 aliphatic rings. The Balaban J connectivity index is 0.000000146. The van der Waals surface area contributed by atoms with Crippen LogP contribution in [0.2, 0.25) is 0 Å². The van der Waals surface area contributed by atoms with E-state index in [1.807, 2.05) is 45.7 Å². The van der Waals surface area contributed by atoms with E-state index >= 15 is 0 Å². The molecule has 2 fully saturated rings. The Kier molecular flexibility index (Phi) is 10.8. The number of fused-ring (bicyclic) bond motifs is 4. The maximum absolute atomic E-state index is 12.2. The fourth-order valence-corrected chi connectivity index (χ4v) is 10.8. The average molecular weight is 893 g/mol.